The van der Waals surface area contributed by atoms with Gasteiger partial charge < -0.3 is 29.2 Å². The normalized spacial score (nSPS) is 20.5. The molecule has 0 aliphatic carbocycles. The smallest absolute Gasteiger partial charge is 0.324 e. The lowest BCUT2D eigenvalue weighted by Crippen LogP contribution is -2.60. The van der Waals surface area contributed by atoms with E-state index in [1.165, 1.54) is 23.2 Å². The molecule has 65 heavy (non-hydrogen) atoms. The molecular formula is C51H64FN7O6. The first-order valence-corrected chi connectivity index (χ1v) is 22.8. The largest absolute Gasteiger partial charge is 0.464 e. The highest BCUT2D eigenvalue weighted by molar-refractivity contribution is 5.98. The van der Waals surface area contributed by atoms with Crippen LogP contribution in [0.25, 0.3) is 33.3 Å². The van der Waals surface area contributed by atoms with Crippen molar-refractivity contribution in [2.24, 2.45) is 11.3 Å². The predicted molar refractivity (Wildman–Crippen MR) is 249 cm³/mol. The molecule has 2 fully saturated rings. The fraction of sp³-hybridized carbons (Fsp3) is 0.471. The Morgan fingerprint density at radius 1 is 1.12 bits per heavy atom. The number of halogens is 1. The molecule has 346 valence electrons. The Bertz CT molecular complexity index is 2510. The lowest BCUT2D eigenvalue weighted by Gasteiger charge is -2.36. The van der Waals surface area contributed by atoms with E-state index >= 15 is 4.39 Å². The molecular weight excluding hydrogens is 826 g/mol. The number of fused-ring (bicyclic) bond motifs is 6. The first-order chi connectivity index (χ1) is 31.0. The van der Waals surface area contributed by atoms with Gasteiger partial charge >= 0.3 is 5.97 Å². The number of benzene rings is 2. The molecule has 4 atom stereocenters. The molecule has 5 heterocycles. The van der Waals surface area contributed by atoms with E-state index in [-0.39, 0.29) is 31.0 Å². The van der Waals surface area contributed by atoms with Crippen LogP contribution in [0.1, 0.15) is 83.7 Å². The molecule has 7 rings (SSSR count). The molecule has 3 aliphatic rings. The highest BCUT2D eigenvalue weighted by Gasteiger charge is 2.36. The van der Waals surface area contributed by atoms with E-state index in [4.69, 9.17) is 14.5 Å². The Labute approximate surface area is 382 Å². The number of amides is 3. The maximum atomic E-state index is 16.0. The number of cyclic esters (lactones) is 1. The van der Waals surface area contributed by atoms with Gasteiger partial charge in [-0.1, -0.05) is 32.6 Å². The number of carbonyl (C=O) groups excluding carboxylic acids is 4. The van der Waals surface area contributed by atoms with Crippen molar-refractivity contribution in [3.05, 3.63) is 101 Å². The number of carbonyl (C=O) groups is 4. The van der Waals surface area contributed by atoms with E-state index < -0.39 is 41.1 Å². The van der Waals surface area contributed by atoms with E-state index in [0.717, 1.165) is 51.0 Å². The van der Waals surface area contributed by atoms with E-state index in [9.17, 15) is 19.2 Å². The molecule has 3 amide bonds. The van der Waals surface area contributed by atoms with Gasteiger partial charge in [0.1, 0.15) is 23.6 Å². The number of pyridine rings is 1. The maximum Gasteiger partial charge on any atom is 0.324 e. The highest BCUT2D eigenvalue weighted by atomic mass is 19.1. The number of likely N-dealkylation sites (N-methyl/N-ethyl adjacent to an activating group) is 1. The van der Waals surface area contributed by atoms with Crippen molar-refractivity contribution in [2.45, 2.75) is 98.4 Å². The lowest BCUT2D eigenvalue weighted by atomic mass is 9.84. The van der Waals surface area contributed by atoms with Crippen molar-refractivity contribution in [1.82, 2.24) is 35.1 Å². The first-order valence-electron chi connectivity index (χ1n) is 22.8. The number of hydrogen-bond acceptors (Lipinski definition) is 9. The van der Waals surface area contributed by atoms with E-state index in [0.29, 0.717) is 68.8 Å². The van der Waals surface area contributed by atoms with Crippen molar-refractivity contribution >= 4 is 34.6 Å². The third-order valence-corrected chi connectivity index (χ3v) is 13.0. The minimum Gasteiger partial charge on any atom is -0.464 e. The van der Waals surface area contributed by atoms with E-state index in [1.54, 1.807) is 18.2 Å². The molecule has 4 aromatic rings. The van der Waals surface area contributed by atoms with Crippen molar-refractivity contribution in [3.8, 4) is 22.4 Å². The van der Waals surface area contributed by atoms with Crippen LogP contribution in [0, 0.1) is 17.2 Å². The summed E-state index contributed by atoms with van der Waals surface area (Å²) in [6.45, 7) is 18.3. The number of methoxy groups -OCH3 is 1. The van der Waals surface area contributed by atoms with Crippen LogP contribution >= 0.6 is 0 Å². The number of rotatable bonds is 10. The fourth-order valence-corrected chi connectivity index (χ4v) is 9.84. The number of allylic oxidation sites excluding steroid dienone is 1. The molecule has 0 saturated carbocycles. The second-order valence-corrected chi connectivity index (χ2v) is 18.8. The van der Waals surface area contributed by atoms with Crippen molar-refractivity contribution in [2.75, 3.05) is 46.9 Å². The van der Waals surface area contributed by atoms with E-state index in [1.807, 2.05) is 50.9 Å². The number of aromatic nitrogens is 2. The Morgan fingerprint density at radius 2 is 1.91 bits per heavy atom. The second kappa shape index (κ2) is 19.7. The minimum absolute atomic E-state index is 0.0247. The Balaban J connectivity index is 1.31. The summed E-state index contributed by atoms with van der Waals surface area (Å²) >= 11 is 0. The Hall–Kier alpha value is -5.86. The Morgan fingerprint density at radius 3 is 2.63 bits per heavy atom. The number of aryl methyl sites for hydroxylation is 1. The average Bonchev–Trinajstić information content (AvgIpc) is 3.88. The van der Waals surface area contributed by atoms with Crippen LogP contribution in [0.4, 0.5) is 4.39 Å². The molecule has 0 unspecified atom stereocenters. The summed E-state index contributed by atoms with van der Waals surface area (Å²) in [5.74, 6) is -1.84. The molecule has 2 saturated heterocycles. The summed E-state index contributed by atoms with van der Waals surface area (Å²) in [6.07, 6.45) is 5.08. The summed E-state index contributed by atoms with van der Waals surface area (Å²) in [5.41, 5.74) is 10.4. The molecule has 2 aromatic heterocycles. The average molecular weight is 890 g/mol. The van der Waals surface area contributed by atoms with Gasteiger partial charge in [-0.3, -0.25) is 29.2 Å². The number of ether oxygens (including phenoxy) is 2. The first kappa shape index (κ1) is 47.1. The summed E-state index contributed by atoms with van der Waals surface area (Å²) in [7, 11) is 3.51. The molecule has 0 spiro atoms. The second-order valence-electron chi connectivity index (χ2n) is 18.8. The van der Waals surface area contributed by atoms with Crippen LogP contribution in [0.2, 0.25) is 0 Å². The van der Waals surface area contributed by atoms with Gasteiger partial charge in [0.25, 0.3) is 11.8 Å². The fourth-order valence-electron chi connectivity index (χ4n) is 9.84. The zero-order valence-electron chi connectivity index (χ0n) is 39.1. The minimum atomic E-state index is -1.13. The van der Waals surface area contributed by atoms with Gasteiger partial charge in [0, 0.05) is 81.4 Å². The van der Waals surface area contributed by atoms with Crippen LogP contribution in [0.3, 0.4) is 0 Å². The number of hydrogen-bond donors (Lipinski definition) is 2. The summed E-state index contributed by atoms with van der Waals surface area (Å²) in [6, 6.07) is 13.0. The van der Waals surface area contributed by atoms with Crippen LogP contribution < -0.4 is 10.7 Å². The topological polar surface area (TPSA) is 138 Å². The maximum absolute atomic E-state index is 16.0. The summed E-state index contributed by atoms with van der Waals surface area (Å²) in [4.78, 5) is 63.7. The molecule has 0 radical (unpaired) electrons. The zero-order valence-corrected chi connectivity index (χ0v) is 39.1. The highest BCUT2D eigenvalue weighted by Crippen LogP contribution is 2.42. The van der Waals surface area contributed by atoms with Gasteiger partial charge in [0.15, 0.2) is 0 Å². The third kappa shape index (κ3) is 10.2. The SMILES string of the molecule is C=CC(=O)N1CC[C@H](CN(C)C(C(=O)N[C@H]2Cc3cc(F)cc(c3)-c3ccc4c(c3)c(c(-c3cccnc3[C@H](C)OC)n4CC)CC(C)(C)COC(=O)[C@@H]3CCCN(N3)C2=O)=C(C)C)C1. The molecule has 2 N–H and O–H groups in total. The molecule has 6 bridgehead atoms. The number of nitrogens with one attached hydrogen (secondary N) is 2. The predicted octanol–water partition coefficient (Wildman–Crippen LogP) is 7.15. The standard InChI is InChI=1S/C51H64FN7O6/c1-10-44(60)57-21-18-33(29-57)28-56(8)46(31(3)4)48(61)54-42-24-34-22-36(25-37(52)23-34)35-16-17-43-39(26-35)40(47(58(43)11-2)38-14-12-19-53-45(38)32(5)64-9)27-51(6,7)30-65-50(63)41-15-13-20-59(55-41)49(42)62/h10,12,14,16-17,19,22-23,25-26,32-33,41-42,55H,1,11,13,15,18,20-21,24,27-30H2,2-9H3,(H,54,61)/t32-,33+,41-,42-/m0/s1. The molecule has 3 aliphatic heterocycles. The van der Waals surface area contributed by atoms with Crippen molar-refractivity contribution in [1.29, 1.82) is 0 Å². The van der Waals surface area contributed by atoms with Crippen LogP contribution in [0.15, 0.2) is 78.7 Å². The van der Waals surface area contributed by atoms with Gasteiger partial charge in [-0.2, -0.15) is 0 Å². The van der Waals surface area contributed by atoms with Crippen LogP contribution in [-0.2, 0) is 48.0 Å². The zero-order chi connectivity index (χ0) is 46.7. The number of hydrazine groups is 1. The monoisotopic (exact) mass is 889 g/mol. The molecule has 14 heteroatoms. The van der Waals surface area contributed by atoms with Crippen molar-refractivity contribution < 1.29 is 33.0 Å². The summed E-state index contributed by atoms with van der Waals surface area (Å²) < 4.78 is 30.2. The van der Waals surface area contributed by atoms with Gasteiger partial charge in [0.2, 0.25) is 5.91 Å². The Kier molecular flexibility index (Phi) is 14.3. The molecule has 13 nitrogen and oxygen atoms in total. The number of esters is 1. The van der Waals surface area contributed by atoms with Gasteiger partial charge in [0.05, 0.1) is 24.1 Å². The molecule has 2 aromatic carbocycles. The quantitative estimate of drug-likeness (QED) is 0.126. The van der Waals surface area contributed by atoms with Gasteiger partial charge in [-0.05, 0) is 130 Å². The van der Waals surface area contributed by atoms with Crippen LogP contribution in [-0.4, -0.2) is 107 Å². The number of nitrogens with zero attached hydrogens (tertiary/aromatic N) is 5. The van der Waals surface area contributed by atoms with Gasteiger partial charge in [-0.25, -0.2) is 9.82 Å². The summed E-state index contributed by atoms with van der Waals surface area (Å²) in [5, 5.41) is 5.41. The van der Waals surface area contributed by atoms with Crippen LogP contribution in [0.5, 0.6) is 0 Å². The number of likely N-dealkylation sites (tertiary alicyclic amines) is 1. The van der Waals surface area contributed by atoms with Crippen molar-refractivity contribution in [3.63, 3.8) is 0 Å². The van der Waals surface area contributed by atoms with Gasteiger partial charge in [-0.15, -0.1) is 0 Å². The lowest BCUT2D eigenvalue weighted by molar-refractivity contribution is -0.155. The van der Waals surface area contributed by atoms with E-state index in [2.05, 4.69) is 60.9 Å². The third-order valence-electron chi connectivity index (χ3n) is 13.0.